The maximum atomic E-state index is 12.3. The Labute approximate surface area is 180 Å². The first kappa shape index (κ1) is 23.9. The molecule has 0 saturated heterocycles. The molecular formula is C22H32F3N3O3. The fraction of sp³-hybridized carbons (Fsp3) is 0.773. The van der Waals surface area contributed by atoms with Crippen LogP contribution in [0.5, 0.6) is 0 Å². The lowest BCUT2D eigenvalue weighted by molar-refractivity contribution is -0.188. The summed E-state index contributed by atoms with van der Waals surface area (Å²) in [5, 5.41) is 10.2. The molecule has 0 aliphatic heterocycles. The Kier molecular flexibility index (Phi) is 7.91. The van der Waals surface area contributed by atoms with Gasteiger partial charge < -0.3 is 15.6 Å². The molecule has 2 saturated carbocycles. The van der Waals surface area contributed by atoms with Gasteiger partial charge in [-0.25, -0.2) is 9.97 Å². The first-order valence-corrected chi connectivity index (χ1v) is 11.1. The number of primary amides is 1. The van der Waals surface area contributed by atoms with Gasteiger partial charge in [-0.05, 0) is 69.1 Å². The van der Waals surface area contributed by atoms with Crippen LogP contribution in [-0.4, -0.2) is 46.0 Å². The predicted octanol–water partition coefficient (Wildman–Crippen LogP) is 3.60. The minimum absolute atomic E-state index is 0.244. The second-order valence-electron chi connectivity index (χ2n) is 9.21. The van der Waals surface area contributed by atoms with Gasteiger partial charge in [0.15, 0.2) is 0 Å². The molecule has 2 aliphatic rings. The zero-order chi connectivity index (χ0) is 22.6. The second-order valence-corrected chi connectivity index (χ2v) is 9.21. The van der Waals surface area contributed by atoms with Gasteiger partial charge in [0.2, 0.25) is 0 Å². The van der Waals surface area contributed by atoms with Crippen LogP contribution in [0.3, 0.4) is 0 Å². The summed E-state index contributed by atoms with van der Waals surface area (Å²) in [5.74, 6) is 0.865. The second kappa shape index (κ2) is 10.3. The van der Waals surface area contributed by atoms with E-state index < -0.39 is 18.7 Å². The molecule has 1 amide bonds. The summed E-state index contributed by atoms with van der Waals surface area (Å²) in [6.07, 6.45) is 2.97. The Bertz CT molecular complexity index is 751. The molecule has 9 heteroatoms. The van der Waals surface area contributed by atoms with Crippen molar-refractivity contribution in [1.29, 1.82) is 0 Å². The molecule has 1 heterocycles. The molecule has 3 N–H and O–H groups in total. The minimum atomic E-state index is -4.30. The van der Waals surface area contributed by atoms with Crippen molar-refractivity contribution in [3.8, 4) is 0 Å². The fourth-order valence-electron chi connectivity index (χ4n) is 4.73. The number of amides is 1. The van der Waals surface area contributed by atoms with Gasteiger partial charge in [0.25, 0.3) is 5.91 Å². The van der Waals surface area contributed by atoms with Crippen molar-refractivity contribution in [2.45, 2.75) is 83.1 Å². The van der Waals surface area contributed by atoms with E-state index in [0.717, 1.165) is 25.7 Å². The Morgan fingerprint density at radius 1 is 1.16 bits per heavy atom. The van der Waals surface area contributed by atoms with Crippen molar-refractivity contribution in [2.24, 2.45) is 23.5 Å². The molecule has 2 aliphatic carbocycles. The molecule has 0 aromatic carbocycles. The highest BCUT2D eigenvalue weighted by atomic mass is 19.4. The number of hydrogen-bond acceptors (Lipinski definition) is 5. The van der Waals surface area contributed by atoms with E-state index >= 15 is 0 Å². The Morgan fingerprint density at radius 3 is 2.45 bits per heavy atom. The maximum Gasteiger partial charge on any atom is 0.411 e. The number of nitrogens with zero attached hydrogens (tertiary/aromatic N) is 2. The standard InChI is InChI=1S/C22H32F3N3O3/c1-13-2-3-15(9-19(13)29)8-18-17(21(26)30)11-27-20(28-18)10-14-4-6-16(7-5-14)31-12-22(23,24)25/h11,13-16,19,29H,2-10,12H2,1H3,(H2,26,30)/t13-,14?,15?,16?,19?/m1/s1. The first-order valence-electron chi connectivity index (χ1n) is 11.1. The molecule has 1 aromatic heterocycles. The van der Waals surface area contributed by atoms with E-state index in [2.05, 4.69) is 9.97 Å². The zero-order valence-corrected chi connectivity index (χ0v) is 17.9. The average molecular weight is 444 g/mol. The van der Waals surface area contributed by atoms with Crippen LogP contribution in [0.4, 0.5) is 13.2 Å². The topological polar surface area (TPSA) is 98.3 Å². The van der Waals surface area contributed by atoms with Crippen LogP contribution in [0, 0.1) is 17.8 Å². The molecule has 174 valence electrons. The first-order chi connectivity index (χ1) is 14.6. The number of aliphatic hydroxyl groups is 1. The number of carbonyl (C=O) groups excluding carboxylic acids is 1. The molecule has 6 nitrogen and oxygen atoms in total. The van der Waals surface area contributed by atoms with E-state index in [0.29, 0.717) is 49.2 Å². The third-order valence-corrected chi connectivity index (χ3v) is 6.67. The monoisotopic (exact) mass is 443 g/mol. The van der Waals surface area contributed by atoms with Crippen LogP contribution < -0.4 is 5.73 Å². The van der Waals surface area contributed by atoms with E-state index in [4.69, 9.17) is 10.5 Å². The third kappa shape index (κ3) is 7.14. The molecule has 0 bridgehead atoms. The number of nitrogens with two attached hydrogens (primary N) is 1. The summed E-state index contributed by atoms with van der Waals surface area (Å²) in [6, 6.07) is 0. The molecular weight excluding hydrogens is 411 g/mol. The van der Waals surface area contributed by atoms with Crippen LogP contribution in [-0.2, 0) is 17.6 Å². The van der Waals surface area contributed by atoms with Crippen LogP contribution in [0.15, 0.2) is 6.20 Å². The van der Waals surface area contributed by atoms with E-state index in [-0.39, 0.29) is 30.0 Å². The number of rotatable bonds is 7. The van der Waals surface area contributed by atoms with Gasteiger partial charge in [0.1, 0.15) is 12.4 Å². The van der Waals surface area contributed by atoms with Crippen LogP contribution >= 0.6 is 0 Å². The summed E-state index contributed by atoms with van der Waals surface area (Å²) < 4.78 is 41.9. The van der Waals surface area contributed by atoms with Gasteiger partial charge in [0.05, 0.1) is 23.5 Å². The van der Waals surface area contributed by atoms with E-state index in [1.165, 1.54) is 6.20 Å². The van der Waals surface area contributed by atoms with Gasteiger partial charge in [-0.1, -0.05) is 6.92 Å². The van der Waals surface area contributed by atoms with Gasteiger partial charge >= 0.3 is 6.18 Å². The number of aromatic nitrogens is 2. The SMILES string of the molecule is C[C@@H]1CCC(Cc2nc(CC3CCC(OCC(F)(F)F)CC3)ncc2C(N)=O)CC1O. The smallest absolute Gasteiger partial charge is 0.393 e. The number of carbonyl (C=O) groups is 1. The minimum Gasteiger partial charge on any atom is -0.393 e. The number of hydrogen-bond donors (Lipinski definition) is 2. The molecule has 31 heavy (non-hydrogen) atoms. The number of aliphatic hydroxyl groups excluding tert-OH is 1. The van der Waals surface area contributed by atoms with Crippen molar-refractivity contribution in [3.05, 3.63) is 23.3 Å². The molecule has 0 radical (unpaired) electrons. The summed E-state index contributed by atoms with van der Waals surface area (Å²) in [6.45, 7) is 0.847. The number of halogens is 3. The highest BCUT2D eigenvalue weighted by Crippen LogP contribution is 2.32. The Hall–Kier alpha value is -1.74. The highest BCUT2D eigenvalue weighted by molar-refractivity contribution is 5.93. The van der Waals surface area contributed by atoms with Crippen LogP contribution in [0.1, 0.15) is 73.7 Å². The summed E-state index contributed by atoms with van der Waals surface area (Å²) in [4.78, 5) is 20.8. The normalized spacial score (nSPS) is 29.6. The van der Waals surface area contributed by atoms with E-state index in [9.17, 15) is 23.1 Å². The largest absolute Gasteiger partial charge is 0.411 e. The van der Waals surface area contributed by atoms with Crippen LogP contribution in [0.2, 0.25) is 0 Å². The highest BCUT2D eigenvalue weighted by Gasteiger charge is 2.31. The average Bonchev–Trinajstić information content (AvgIpc) is 2.70. The van der Waals surface area contributed by atoms with Gasteiger partial charge in [0, 0.05) is 12.6 Å². The van der Waals surface area contributed by atoms with Crippen molar-refractivity contribution in [2.75, 3.05) is 6.61 Å². The van der Waals surface area contributed by atoms with Crippen LogP contribution in [0.25, 0.3) is 0 Å². The molecule has 1 aromatic rings. The molecule has 3 atom stereocenters. The van der Waals surface area contributed by atoms with E-state index in [1.807, 2.05) is 6.92 Å². The Balaban J connectivity index is 1.58. The zero-order valence-electron chi connectivity index (χ0n) is 17.9. The summed E-state index contributed by atoms with van der Waals surface area (Å²) in [7, 11) is 0. The van der Waals surface area contributed by atoms with Crippen molar-refractivity contribution >= 4 is 5.91 Å². The molecule has 0 spiro atoms. The van der Waals surface area contributed by atoms with Crippen molar-refractivity contribution < 1.29 is 27.8 Å². The lowest BCUT2D eigenvalue weighted by atomic mass is 9.78. The van der Waals surface area contributed by atoms with Gasteiger partial charge in [-0.2, -0.15) is 13.2 Å². The Morgan fingerprint density at radius 2 is 1.84 bits per heavy atom. The maximum absolute atomic E-state index is 12.3. The van der Waals surface area contributed by atoms with Gasteiger partial charge in [-0.15, -0.1) is 0 Å². The van der Waals surface area contributed by atoms with Crippen molar-refractivity contribution in [1.82, 2.24) is 9.97 Å². The lowest BCUT2D eigenvalue weighted by Crippen LogP contribution is -2.29. The molecule has 2 fully saturated rings. The van der Waals surface area contributed by atoms with Gasteiger partial charge in [-0.3, -0.25) is 4.79 Å². The fourth-order valence-corrected chi connectivity index (χ4v) is 4.73. The van der Waals surface area contributed by atoms with E-state index in [1.54, 1.807) is 0 Å². The predicted molar refractivity (Wildman–Crippen MR) is 108 cm³/mol. The summed E-state index contributed by atoms with van der Waals surface area (Å²) >= 11 is 0. The molecule has 3 rings (SSSR count). The molecule has 2 unspecified atom stereocenters. The van der Waals surface area contributed by atoms with Crippen molar-refractivity contribution in [3.63, 3.8) is 0 Å². The third-order valence-electron chi connectivity index (χ3n) is 6.67. The number of ether oxygens (including phenoxy) is 1. The summed E-state index contributed by atoms with van der Waals surface area (Å²) in [5.41, 5.74) is 6.47. The number of alkyl halides is 3. The lowest BCUT2D eigenvalue weighted by Gasteiger charge is -2.31. The quantitative estimate of drug-likeness (QED) is 0.671.